The lowest BCUT2D eigenvalue weighted by Gasteiger charge is -2.04. The Bertz CT molecular complexity index is 685. The van der Waals surface area contributed by atoms with Crippen molar-refractivity contribution in [2.24, 2.45) is 0 Å². The molecule has 1 N–H and O–H groups in total. The predicted octanol–water partition coefficient (Wildman–Crippen LogP) is 1.59. The predicted molar refractivity (Wildman–Crippen MR) is 68.6 cm³/mol. The Morgan fingerprint density at radius 1 is 1.38 bits per heavy atom. The van der Waals surface area contributed by atoms with E-state index in [4.69, 9.17) is 0 Å². The minimum atomic E-state index is -1.23. The first-order valence-electron chi connectivity index (χ1n) is 5.86. The van der Waals surface area contributed by atoms with Crippen LogP contribution in [0.5, 0.6) is 0 Å². The summed E-state index contributed by atoms with van der Waals surface area (Å²) in [6.07, 6.45) is 2.64. The van der Waals surface area contributed by atoms with Gasteiger partial charge in [0.2, 0.25) is 0 Å². The molecule has 8 heteroatoms. The highest BCUT2D eigenvalue weighted by Gasteiger charge is 2.16. The zero-order valence-electron chi connectivity index (χ0n) is 11.0. The van der Waals surface area contributed by atoms with Gasteiger partial charge in [0.1, 0.15) is 6.54 Å². The number of amides is 1. The summed E-state index contributed by atoms with van der Waals surface area (Å²) in [4.78, 5) is 22.9. The second-order valence-corrected chi connectivity index (χ2v) is 4.06. The van der Waals surface area contributed by atoms with E-state index in [0.717, 1.165) is 12.1 Å². The van der Waals surface area contributed by atoms with Crippen LogP contribution in [-0.4, -0.2) is 28.8 Å². The van der Waals surface area contributed by atoms with Crippen LogP contribution < -0.4 is 5.32 Å². The van der Waals surface area contributed by atoms with Crippen LogP contribution in [0.2, 0.25) is 0 Å². The maximum absolute atomic E-state index is 13.5. The normalized spacial score (nSPS) is 10.2. The Balaban J connectivity index is 2.09. The number of hydrogen-bond acceptors (Lipinski definition) is 4. The number of nitrogens with one attached hydrogen (secondary N) is 1. The van der Waals surface area contributed by atoms with Crippen molar-refractivity contribution in [2.75, 3.05) is 12.4 Å². The summed E-state index contributed by atoms with van der Waals surface area (Å²) in [6.45, 7) is -0.124. The molecule has 0 aliphatic carbocycles. The highest BCUT2D eigenvalue weighted by Crippen LogP contribution is 2.14. The molecule has 6 nitrogen and oxygen atoms in total. The second-order valence-electron chi connectivity index (χ2n) is 4.06. The zero-order chi connectivity index (χ0) is 15.4. The first-order valence-corrected chi connectivity index (χ1v) is 5.86. The first kappa shape index (κ1) is 14.6. The maximum atomic E-state index is 13.5. The Morgan fingerprint density at radius 3 is 2.86 bits per heavy atom. The quantitative estimate of drug-likeness (QED) is 0.869. The highest BCUT2D eigenvalue weighted by atomic mass is 19.2. The standard InChI is InChI=1S/C13H11F2N3O3/c1-21-11(19)7-18-6-8(5-16-18)17-13(20)9-3-2-4-10(14)12(9)15/h2-6H,7H2,1H3,(H,17,20). The molecule has 0 aliphatic heterocycles. The molecule has 1 amide bonds. The molecular formula is C13H11F2N3O3. The van der Waals surface area contributed by atoms with E-state index in [1.807, 2.05) is 0 Å². The molecule has 0 fully saturated rings. The molecule has 0 saturated heterocycles. The van der Waals surface area contributed by atoms with Crippen LogP contribution in [0, 0.1) is 11.6 Å². The van der Waals surface area contributed by atoms with Crippen molar-refractivity contribution in [1.29, 1.82) is 0 Å². The molecule has 0 atom stereocenters. The number of nitrogens with zero attached hydrogens (tertiary/aromatic N) is 2. The number of esters is 1. The van der Waals surface area contributed by atoms with Crippen molar-refractivity contribution in [2.45, 2.75) is 6.54 Å². The van der Waals surface area contributed by atoms with Gasteiger partial charge < -0.3 is 10.1 Å². The number of benzene rings is 1. The van der Waals surface area contributed by atoms with Gasteiger partial charge in [-0.1, -0.05) is 6.07 Å². The number of halogens is 2. The van der Waals surface area contributed by atoms with Gasteiger partial charge in [-0.15, -0.1) is 0 Å². The molecule has 0 unspecified atom stereocenters. The fourth-order valence-electron chi connectivity index (χ4n) is 1.59. The van der Waals surface area contributed by atoms with Gasteiger partial charge in [-0.2, -0.15) is 5.10 Å². The lowest BCUT2D eigenvalue weighted by molar-refractivity contribution is -0.141. The minimum absolute atomic E-state index is 0.124. The summed E-state index contributed by atoms with van der Waals surface area (Å²) < 4.78 is 32.2. The average molecular weight is 295 g/mol. The highest BCUT2D eigenvalue weighted by molar-refractivity contribution is 6.04. The summed E-state index contributed by atoms with van der Waals surface area (Å²) in [5, 5.41) is 6.18. The minimum Gasteiger partial charge on any atom is -0.468 e. The van der Waals surface area contributed by atoms with E-state index in [0.29, 0.717) is 0 Å². The largest absolute Gasteiger partial charge is 0.468 e. The molecule has 0 aliphatic rings. The van der Waals surface area contributed by atoms with Gasteiger partial charge in [0.15, 0.2) is 11.6 Å². The second kappa shape index (κ2) is 6.12. The summed E-state index contributed by atoms with van der Waals surface area (Å²) in [5.41, 5.74) is -0.178. The number of carbonyl (C=O) groups excluding carboxylic acids is 2. The van der Waals surface area contributed by atoms with Gasteiger partial charge in [-0.05, 0) is 12.1 Å². The van der Waals surface area contributed by atoms with Gasteiger partial charge >= 0.3 is 5.97 Å². The molecule has 2 aromatic rings. The van der Waals surface area contributed by atoms with Crippen molar-refractivity contribution >= 4 is 17.6 Å². The van der Waals surface area contributed by atoms with Gasteiger partial charge in [0.25, 0.3) is 5.91 Å². The third kappa shape index (κ3) is 3.41. The number of anilines is 1. The van der Waals surface area contributed by atoms with E-state index in [9.17, 15) is 18.4 Å². The summed E-state index contributed by atoms with van der Waals surface area (Å²) >= 11 is 0. The van der Waals surface area contributed by atoms with Crippen LogP contribution in [0.4, 0.5) is 14.5 Å². The summed E-state index contributed by atoms with van der Waals surface area (Å²) in [5.74, 6) is -3.65. The number of carbonyl (C=O) groups is 2. The number of ether oxygens (including phenoxy) is 1. The summed E-state index contributed by atoms with van der Waals surface area (Å²) in [7, 11) is 1.24. The van der Waals surface area contributed by atoms with Crippen molar-refractivity contribution in [3.8, 4) is 0 Å². The SMILES string of the molecule is COC(=O)Cn1cc(NC(=O)c2cccc(F)c2F)cn1. The molecule has 1 heterocycles. The van der Waals surface area contributed by atoms with Crippen LogP contribution in [0.1, 0.15) is 10.4 Å². The molecular weight excluding hydrogens is 284 g/mol. The smallest absolute Gasteiger partial charge is 0.327 e. The van der Waals surface area contributed by atoms with Crippen molar-refractivity contribution in [3.05, 3.63) is 47.8 Å². The van der Waals surface area contributed by atoms with E-state index in [1.165, 1.54) is 30.3 Å². The maximum Gasteiger partial charge on any atom is 0.327 e. The van der Waals surface area contributed by atoms with Crippen LogP contribution in [0.3, 0.4) is 0 Å². The monoisotopic (exact) mass is 295 g/mol. The van der Waals surface area contributed by atoms with Crippen molar-refractivity contribution < 1.29 is 23.1 Å². The lowest BCUT2D eigenvalue weighted by Crippen LogP contribution is -2.14. The Labute approximate surface area is 118 Å². The lowest BCUT2D eigenvalue weighted by atomic mass is 10.2. The van der Waals surface area contributed by atoms with Crippen LogP contribution in [0.25, 0.3) is 0 Å². The summed E-state index contributed by atoms with van der Waals surface area (Å²) in [6, 6.07) is 3.31. The zero-order valence-corrected chi connectivity index (χ0v) is 11.0. The third-order valence-corrected chi connectivity index (χ3v) is 2.61. The van der Waals surface area contributed by atoms with Gasteiger partial charge in [-0.3, -0.25) is 14.3 Å². The fraction of sp³-hybridized carbons (Fsp3) is 0.154. The van der Waals surface area contributed by atoms with Gasteiger partial charge in [-0.25, -0.2) is 8.78 Å². The van der Waals surface area contributed by atoms with E-state index >= 15 is 0 Å². The topological polar surface area (TPSA) is 73.2 Å². The van der Waals surface area contributed by atoms with Crippen LogP contribution >= 0.6 is 0 Å². The van der Waals surface area contributed by atoms with Gasteiger partial charge in [0.05, 0.1) is 24.6 Å². The number of hydrogen-bond donors (Lipinski definition) is 1. The third-order valence-electron chi connectivity index (χ3n) is 2.61. The molecule has 1 aromatic carbocycles. The Kier molecular flexibility index (Phi) is 4.27. The van der Waals surface area contributed by atoms with E-state index in [2.05, 4.69) is 15.2 Å². The number of methoxy groups -OCH3 is 1. The molecule has 2 rings (SSSR count). The van der Waals surface area contributed by atoms with E-state index in [1.54, 1.807) is 0 Å². The number of rotatable bonds is 4. The van der Waals surface area contributed by atoms with E-state index < -0.39 is 29.1 Å². The molecule has 0 saturated carbocycles. The van der Waals surface area contributed by atoms with E-state index in [-0.39, 0.29) is 12.2 Å². The molecule has 0 radical (unpaired) electrons. The molecule has 1 aromatic heterocycles. The molecule has 110 valence electrons. The fourth-order valence-corrected chi connectivity index (χ4v) is 1.59. The van der Waals surface area contributed by atoms with Gasteiger partial charge in [0, 0.05) is 6.20 Å². The Hall–Kier alpha value is -2.77. The van der Waals surface area contributed by atoms with Crippen LogP contribution in [0.15, 0.2) is 30.6 Å². The van der Waals surface area contributed by atoms with Crippen molar-refractivity contribution in [3.63, 3.8) is 0 Å². The van der Waals surface area contributed by atoms with Crippen molar-refractivity contribution in [1.82, 2.24) is 9.78 Å². The van der Waals surface area contributed by atoms with Crippen LogP contribution in [-0.2, 0) is 16.1 Å². The number of aromatic nitrogens is 2. The molecule has 0 bridgehead atoms. The molecule has 0 spiro atoms. The molecule has 21 heavy (non-hydrogen) atoms. The Morgan fingerprint density at radius 2 is 2.14 bits per heavy atom. The first-order chi connectivity index (χ1) is 10.0. The average Bonchev–Trinajstić information content (AvgIpc) is 2.88.